The SMILES string of the molecule is CC1=Nc2ccnn2C(c2ccc(Cl)c(Cl)c2)C1C(=O)N1CC1C. The van der Waals surface area contributed by atoms with Gasteiger partial charge in [-0.15, -0.1) is 0 Å². The van der Waals surface area contributed by atoms with Crippen LogP contribution < -0.4 is 0 Å². The summed E-state index contributed by atoms with van der Waals surface area (Å²) in [5.41, 5.74) is 1.69. The number of benzene rings is 1. The maximum absolute atomic E-state index is 13.0. The number of nitrogens with zero attached hydrogens (tertiary/aromatic N) is 4. The summed E-state index contributed by atoms with van der Waals surface area (Å²) < 4.78 is 1.79. The van der Waals surface area contributed by atoms with Crippen LogP contribution in [-0.4, -0.2) is 38.9 Å². The molecule has 0 aliphatic carbocycles. The zero-order valence-corrected chi connectivity index (χ0v) is 14.8. The van der Waals surface area contributed by atoms with Crippen molar-refractivity contribution in [2.24, 2.45) is 10.9 Å². The van der Waals surface area contributed by atoms with E-state index in [1.807, 2.05) is 36.9 Å². The van der Waals surface area contributed by atoms with E-state index in [0.717, 1.165) is 23.6 Å². The topological polar surface area (TPSA) is 50.3 Å². The van der Waals surface area contributed by atoms with Crippen LogP contribution in [0.15, 0.2) is 35.5 Å². The highest BCUT2D eigenvalue weighted by molar-refractivity contribution is 6.42. The Hall–Kier alpha value is -1.85. The molecule has 7 heteroatoms. The van der Waals surface area contributed by atoms with Gasteiger partial charge in [-0.05, 0) is 31.5 Å². The number of amides is 1. The Bertz CT molecular complexity index is 860. The van der Waals surface area contributed by atoms with Crippen LogP contribution in [0, 0.1) is 5.92 Å². The molecule has 0 spiro atoms. The molecule has 4 rings (SSSR count). The van der Waals surface area contributed by atoms with Crippen LogP contribution in [0.1, 0.15) is 25.5 Å². The highest BCUT2D eigenvalue weighted by Crippen LogP contribution is 2.39. The van der Waals surface area contributed by atoms with Crippen molar-refractivity contribution in [3.63, 3.8) is 0 Å². The molecule has 3 unspecified atom stereocenters. The van der Waals surface area contributed by atoms with E-state index in [4.69, 9.17) is 23.2 Å². The molecule has 1 fully saturated rings. The molecule has 3 atom stereocenters. The molecule has 0 radical (unpaired) electrons. The van der Waals surface area contributed by atoms with Crippen molar-refractivity contribution in [2.45, 2.75) is 25.9 Å². The minimum atomic E-state index is -0.389. The largest absolute Gasteiger partial charge is 0.336 e. The highest BCUT2D eigenvalue weighted by Gasteiger charge is 2.45. The molecule has 2 aromatic rings. The van der Waals surface area contributed by atoms with Gasteiger partial charge in [-0.25, -0.2) is 9.67 Å². The minimum Gasteiger partial charge on any atom is -0.336 e. The lowest BCUT2D eigenvalue weighted by atomic mass is 9.87. The van der Waals surface area contributed by atoms with Crippen LogP contribution in [0.5, 0.6) is 0 Å². The Labute approximate surface area is 149 Å². The van der Waals surface area contributed by atoms with E-state index in [9.17, 15) is 4.79 Å². The predicted octanol–water partition coefficient (Wildman–Crippen LogP) is 3.73. The lowest BCUT2D eigenvalue weighted by molar-refractivity contribution is -0.129. The summed E-state index contributed by atoms with van der Waals surface area (Å²) in [6.45, 7) is 4.74. The van der Waals surface area contributed by atoms with Gasteiger partial charge >= 0.3 is 0 Å². The second-order valence-electron chi connectivity index (χ2n) is 6.32. The number of fused-ring (bicyclic) bond motifs is 1. The van der Waals surface area contributed by atoms with Crippen LogP contribution in [0.3, 0.4) is 0 Å². The van der Waals surface area contributed by atoms with Crippen molar-refractivity contribution in [1.82, 2.24) is 14.7 Å². The third kappa shape index (κ3) is 2.43. The standard InChI is InChI=1S/C17H16Cl2N4O/c1-9-8-22(9)17(24)15-10(2)21-14-5-6-20-23(14)16(15)11-3-4-12(18)13(19)7-11/h3-7,9,15-16H,8H2,1-2H3. The first-order valence-corrected chi connectivity index (χ1v) is 8.57. The summed E-state index contributed by atoms with van der Waals surface area (Å²) in [4.78, 5) is 19.4. The van der Waals surface area contributed by atoms with E-state index in [1.165, 1.54) is 0 Å². The summed E-state index contributed by atoms with van der Waals surface area (Å²) in [6.07, 6.45) is 1.70. The number of rotatable bonds is 2. The van der Waals surface area contributed by atoms with Gasteiger partial charge in [-0.1, -0.05) is 29.3 Å². The number of carbonyl (C=O) groups is 1. The monoisotopic (exact) mass is 362 g/mol. The molecule has 1 amide bonds. The first-order valence-electron chi connectivity index (χ1n) is 7.81. The van der Waals surface area contributed by atoms with Gasteiger partial charge in [0, 0.05) is 24.4 Å². The van der Waals surface area contributed by atoms with Crippen LogP contribution in [0.4, 0.5) is 5.82 Å². The third-order valence-corrected chi connectivity index (χ3v) is 5.40. The van der Waals surface area contributed by atoms with Gasteiger partial charge in [0.05, 0.1) is 22.3 Å². The van der Waals surface area contributed by atoms with Gasteiger partial charge in [0.25, 0.3) is 0 Å². The molecule has 1 saturated heterocycles. The highest BCUT2D eigenvalue weighted by atomic mass is 35.5. The van der Waals surface area contributed by atoms with Gasteiger partial charge in [0.15, 0.2) is 5.82 Å². The van der Waals surface area contributed by atoms with E-state index in [1.54, 1.807) is 16.9 Å². The quantitative estimate of drug-likeness (QED) is 0.764. The molecule has 2 aliphatic rings. The summed E-state index contributed by atoms with van der Waals surface area (Å²) in [6, 6.07) is 7.32. The Morgan fingerprint density at radius 2 is 2.00 bits per heavy atom. The first-order chi connectivity index (χ1) is 11.5. The number of aliphatic imine (C=N–C) groups is 1. The zero-order valence-electron chi connectivity index (χ0n) is 13.3. The zero-order chi connectivity index (χ0) is 17.0. The van der Waals surface area contributed by atoms with Crippen molar-refractivity contribution in [1.29, 1.82) is 0 Å². The summed E-state index contributed by atoms with van der Waals surface area (Å²) in [5, 5.41) is 5.35. The van der Waals surface area contributed by atoms with Gasteiger partial charge in [0.1, 0.15) is 5.92 Å². The molecular weight excluding hydrogens is 347 g/mol. The van der Waals surface area contributed by atoms with Crippen LogP contribution in [0.25, 0.3) is 0 Å². The van der Waals surface area contributed by atoms with Gasteiger partial charge < -0.3 is 4.90 Å². The summed E-state index contributed by atoms with van der Waals surface area (Å²) in [5.74, 6) is 0.437. The molecule has 1 aromatic heterocycles. The fourth-order valence-electron chi connectivity index (χ4n) is 3.30. The van der Waals surface area contributed by atoms with Crippen LogP contribution in [-0.2, 0) is 4.79 Å². The van der Waals surface area contributed by atoms with Gasteiger partial charge in [0.2, 0.25) is 5.91 Å². The second kappa shape index (κ2) is 5.60. The van der Waals surface area contributed by atoms with Crippen molar-refractivity contribution >= 4 is 40.6 Å². The van der Waals surface area contributed by atoms with E-state index in [-0.39, 0.29) is 17.9 Å². The van der Waals surface area contributed by atoms with Gasteiger partial charge in [-0.3, -0.25) is 4.79 Å². The summed E-state index contributed by atoms with van der Waals surface area (Å²) >= 11 is 12.3. The molecule has 1 aromatic carbocycles. The number of halogens is 2. The summed E-state index contributed by atoms with van der Waals surface area (Å²) in [7, 11) is 0. The first kappa shape index (κ1) is 15.7. The average Bonchev–Trinajstić information content (AvgIpc) is 3.09. The molecule has 2 aliphatic heterocycles. The molecule has 3 heterocycles. The second-order valence-corrected chi connectivity index (χ2v) is 7.14. The van der Waals surface area contributed by atoms with E-state index >= 15 is 0 Å². The average molecular weight is 363 g/mol. The predicted molar refractivity (Wildman–Crippen MR) is 94.3 cm³/mol. The van der Waals surface area contributed by atoms with Crippen LogP contribution in [0.2, 0.25) is 10.0 Å². The van der Waals surface area contributed by atoms with Crippen molar-refractivity contribution < 1.29 is 4.79 Å². The normalized spacial score (nSPS) is 25.2. The van der Waals surface area contributed by atoms with Gasteiger partial charge in [-0.2, -0.15) is 5.10 Å². The molecule has 0 bridgehead atoms. The number of hydrogen-bond donors (Lipinski definition) is 0. The maximum Gasteiger partial charge on any atom is 0.234 e. The van der Waals surface area contributed by atoms with Crippen molar-refractivity contribution in [2.75, 3.05) is 6.54 Å². The Morgan fingerprint density at radius 3 is 2.67 bits per heavy atom. The molecule has 0 N–H and O–H groups in total. The lowest BCUT2D eigenvalue weighted by Gasteiger charge is -2.31. The Balaban J connectivity index is 1.84. The Kier molecular flexibility index (Phi) is 3.66. The molecule has 0 saturated carbocycles. The molecule has 5 nitrogen and oxygen atoms in total. The third-order valence-electron chi connectivity index (χ3n) is 4.66. The number of carbonyl (C=O) groups excluding carboxylic acids is 1. The van der Waals surface area contributed by atoms with Crippen molar-refractivity contribution in [3.8, 4) is 0 Å². The minimum absolute atomic E-state index is 0.0842. The van der Waals surface area contributed by atoms with E-state index in [2.05, 4.69) is 10.1 Å². The smallest absolute Gasteiger partial charge is 0.234 e. The number of aromatic nitrogens is 2. The fraction of sp³-hybridized carbons (Fsp3) is 0.353. The Morgan fingerprint density at radius 1 is 1.25 bits per heavy atom. The molecule has 24 heavy (non-hydrogen) atoms. The van der Waals surface area contributed by atoms with E-state index < -0.39 is 0 Å². The molecule has 124 valence electrons. The van der Waals surface area contributed by atoms with E-state index in [0.29, 0.717) is 16.1 Å². The molecular formula is C17H16Cl2N4O. The lowest BCUT2D eigenvalue weighted by Crippen LogP contribution is -2.39. The number of hydrogen-bond acceptors (Lipinski definition) is 3. The van der Waals surface area contributed by atoms with Crippen molar-refractivity contribution in [3.05, 3.63) is 46.1 Å². The fourth-order valence-corrected chi connectivity index (χ4v) is 3.60. The maximum atomic E-state index is 13.0. The van der Waals surface area contributed by atoms with Crippen LogP contribution >= 0.6 is 23.2 Å².